The average molecular weight is 354 g/mol. The quantitative estimate of drug-likeness (QED) is 0.749. The van der Waals surface area contributed by atoms with Gasteiger partial charge in [0.1, 0.15) is 6.04 Å². The van der Waals surface area contributed by atoms with Gasteiger partial charge in [0.05, 0.1) is 12.5 Å². The topological polar surface area (TPSA) is 95.2 Å². The maximum Gasteiger partial charge on any atom is 0.249 e. The summed E-state index contributed by atoms with van der Waals surface area (Å²) in [5.41, 5.74) is 3.28. The fourth-order valence-corrected chi connectivity index (χ4v) is 3.75. The van der Waals surface area contributed by atoms with E-state index in [1.165, 1.54) is 5.56 Å². The molecule has 1 aliphatic rings. The van der Waals surface area contributed by atoms with Gasteiger partial charge in [-0.25, -0.2) is 0 Å². The molecule has 2 aromatic heterocycles. The van der Waals surface area contributed by atoms with Gasteiger partial charge in [-0.2, -0.15) is 4.98 Å². The first kappa shape index (κ1) is 16.8. The Morgan fingerprint density at radius 2 is 2.27 bits per heavy atom. The van der Waals surface area contributed by atoms with Crippen molar-refractivity contribution < 1.29 is 14.4 Å². The molecule has 2 atom stereocenters. The number of hydrogen-bond acceptors (Lipinski definition) is 5. The molecule has 1 amide bonds. The van der Waals surface area contributed by atoms with Crippen molar-refractivity contribution in [3.63, 3.8) is 0 Å². The van der Waals surface area contributed by atoms with E-state index in [9.17, 15) is 9.90 Å². The van der Waals surface area contributed by atoms with Crippen LogP contribution in [0.15, 0.2) is 28.9 Å². The van der Waals surface area contributed by atoms with Gasteiger partial charge in [-0.05, 0) is 24.5 Å². The summed E-state index contributed by atoms with van der Waals surface area (Å²) >= 11 is 0. The normalized spacial score (nSPS) is 20.2. The molecule has 0 unspecified atom stereocenters. The zero-order valence-electron chi connectivity index (χ0n) is 14.9. The number of aromatic nitrogens is 3. The summed E-state index contributed by atoms with van der Waals surface area (Å²) in [5, 5.41) is 14.9. The lowest BCUT2D eigenvalue weighted by Gasteiger charge is -2.21. The number of aryl methyl sites for hydroxylation is 2. The zero-order chi connectivity index (χ0) is 18.3. The minimum atomic E-state index is -0.578. The Morgan fingerprint density at radius 1 is 1.42 bits per heavy atom. The zero-order valence-corrected chi connectivity index (χ0v) is 14.9. The predicted octanol–water partition coefficient (Wildman–Crippen LogP) is 2.30. The van der Waals surface area contributed by atoms with Crippen LogP contribution in [0.5, 0.6) is 0 Å². The Kier molecular flexibility index (Phi) is 4.24. The third kappa shape index (κ3) is 2.88. The summed E-state index contributed by atoms with van der Waals surface area (Å²) in [6, 6.07) is 5.78. The van der Waals surface area contributed by atoms with E-state index in [1.54, 1.807) is 11.8 Å². The molecule has 0 aliphatic carbocycles. The third-order valence-corrected chi connectivity index (χ3v) is 5.04. The molecule has 0 saturated carbocycles. The number of amides is 1. The number of H-pyrrole nitrogens is 1. The monoisotopic (exact) mass is 354 g/mol. The first-order valence-electron chi connectivity index (χ1n) is 8.92. The summed E-state index contributed by atoms with van der Waals surface area (Å²) in [4.78, 5) is 22.1. The molecule has 1 aliphatic heterocycles. The summed E-state index contributed by atoms with van der Waals surface area (Å²) in [5.74, 6) is 0.863. The molecule has 3 aromatic rings. The second kappa shape index (κ2) is 6.57. The van der Waals surface area contributed by atoms with Gasteiger partial charge in [-0.15, -0.1) is 0 Å². The first-order chi connectivity index (χ1) is 12.6. The number of nitrogens with zero attached hydrogens (tertiary/aromatic N) is 3. The standard InChI is InChI=1S/C19H22N4O3/c1-3-12-5-4-6-15-13(9-20-18(12)15)7-17(25)23-10-14(24)8-16(23)19-21-11(2)22-26-19/h4-6,9,14,16,20,24H,3,7-8,10H2,1-2H3/t14-,16-/m1/s1. The lowest BCUT2D eigenvalue weighted by Crippen LogP contribution is -2.33. The van der Waals surface area contributed by atoms with Crippen LogP contribution < -0.4 is 0 Å². The number of rotatable bonds is 4. The van der Waals surface area contributed by atoms with Crippen molar-refractivity contribution in [3.8, 4) is 0 Å². The van der Waals surface area contributed by atoms with Crippen LogP contribution in [0.1, 0.15) is 42.2 Å². The fraction of sp³-hybridized carbons (Fsp3) is 0.421. The SMILES string of the molecule is CCc1cccc2c(CC(=O)N3C[C@H](O)C[C@@H]3c3nc(C)no3)c[nH]c12. The number of para-hydroxylation sites is 1. The lowest BCUT2D eigenvalue weighted by atomic mass is 10.0. The third-order valence-electron chi connectivity index (χ3n) is 5.04. The number of aliphatic hydroxyl groups excluding tert-OH is 1. The minimum Gasteiger partial charge on any atom is -0.391 e. The van der Waals surface area contributed by atoms with Gasteiger partial charge in [-0.1, -0.05) is 30.3 Å². The van der Waals surface area contributed by atoms with Crippen LogP contribution >= 0.6 is 0 Å². The molecule has 1 aromatic carbocycles. The van der Waals surface area contributed by atoms with Crippen LogP contribution in [0.25, 0.3) is 10.9 Å². The summed E-state index contributed by atoms with van der Waals surface area (Å²) in [6.45, 7) is 4.14. The van der Waals surface area contributed by atoms with Gasteiger partial charge in [0.2, 0.25) is 11.8 Å². The van der Waals surface area contributed by atoms with E-state index < -0.39 is 6.10 Å². The first-order valence-corrected chi connectivity index (χ1v) is 8.92. The van der Waals surface area contributed by atoms with Crippen molar-refractivity contribution in [3.05, 3.63) is 47.2 Å². The fourth-order valence-electron chi connectivity index (χ4n) is 3.75. The molecule has 0 bridgehead atoms. The number of β-amino-alcohol motifs (C(OH)–C–C–N with tert-alkyl or cyclic N) is 1. The molecule has 1 fully saturated rings. The number of benzene rings is 1. The maximum atomic E-state index is 13.0. The second-order valence-electron chi connectivity index (χ2n) is 6.82. The number of fused-ring (bicyclic) bond motifs is 1. The van der Waals surface area contributed by atoms with E-state index >= 15 is 0 Å². The Morgan fingerprint density at radius 3 is 3.00 bits per heavy atom. The van der Waals surface area contributed by atoms with Crippen molar-refractivity contribution in [2.45, 2.75) is 45.3 Å². The summed E-state index contributed by atoms with van der Waals surface area (Å²) in [7, 11) is 0. The molecular formula is C19H22N4O3. The molecule has 1 saturated heterocycles. The Balaban J connectivity index is 1.59. The largest absolute Gasteiger partial charge is 0.391 e. The highest BCUT2D eigenvalue weighted by Crippen LogP contribution is 2.32. The van der Waals surface area contributed by atoms with Gasteiger partial charge >= 0.3 is 0 Å². The number of likely N-dealkylation sites (tertiary alicyclic amines) is 1. The van der Waals surface area contributed by atoms with Crippen LogP contribution in [0, 0.1) is 6.92 Å². The van der Waals surface area contributed by atoms with Crippen molar-refractivity contribution in [1.29, 1.82) is 0 Å². The molecule has 7 heteroatoms. The highest BCUT2D eigenvalue weighted by Gasteiger charge is 2.38. The average Bonchev–Trinajstić information content (AvgIpc) is 3.33. The van der Waals surface area contributed by atoms with Crippen LogP contribution in [0.3, 0.4) is 0 Å². The van der Waals surface area contributed by atoms with Crippen LogP contribution in [0.4, 0.5) is 0 Å². The number of hydrogen-bond donors (Lipinski definition) is 2. The molecule has 136 valence electrons. The number of aliphatic hydroxyl groups is 1. The number of aromatic amines is 1. The van der Waals surface area contributed by atoms with Gasteiger partial charge < -0.3 is 19.5 Å². The number of carbonyl (C=O) groups excluding carboxylic acids is 1. The molecule has 0 spiro atoms. The molecule has 0 radical (unpaired) electrons. The predicted molar refractivity (Wildman–Crippen MR) is 95.5 cm³/mol. The van der Waals surface area contributed by atoms with E-state index in [0.29, 0.717) is 18.1 Å². The van der Waals surface area contributed by atoms with E-state index in [4.69, 9.17) is 4.52 Å². The second-order valence-corrected chi connectivity index (χ2v) is 6.82. The molecular weight excluding hydrogens is 332 g/mol. The van der Waals surface area contributed by atoms with E-state index in [1.807, 2.05) is 18.3 Å². The highest BCUT2D eigenvalue weighted by atomic mass is 16.5. The van der Waals surface area contributed by atoms with Crippen molar-refractivity contribution in [2.75, 3.05) is 6.54 Å². The smallest absolute Gasteiger partial charge is 0.249 e. The molecule has 26 heavy (non-hydrogen) atoms. The van der Waals surface area contributed by atoms with E-state index in [-0.39, 0.29) is 24.9 Å². The lowest BCUT2D eigenvalue weighted by molar-refractivity contribution is -0.132. The van der Waals surface area contributed by atoms with Crippen LogP contribution in [-0.2, 0) is 17.6 Å². The Labute approximate surface area is 151 Å². The Bertz CT molecular complexity index is 945. The number of carbonyl (C=O) groups is 1. The van der Waals surface area contributed by atoms with E-state index in [2.05, 4.69) is 28.1 Å². The van der Waals surface area contributed by atoms with Crippen molar-refractivity contribution in [1.82, 2.24) is 20.0 Å². The summed E-state index contributed by atoms with van der Waals surface area (Å²) in [6.07, 6.45) is 2.94. The highest BCUT2D eigenvalue weighted by molar-refractivity contribution is 5.90. The van der Waals surface area contributed by atoms with Gasteiger partial charge in [0.15, 0.2) is 5.82 Å². The van der Waals surface area contributed by atoms with Crippen LogP contribution in [-0.4, -0.2) is 43.7 Å². The van der Waals surface area contributed by atoms with Crippen molar-refractivity contribution in [2.24, 2.45) is 0 Å². The summed E-state index contributed by atoms with van der Waals surface area (Å²) < 4.78 is 5.24. The van der Waals surface area contributed by atoms with Gasteiger partial charge in [0, 0.05) is 30.1 Å². The maximum absolute atomic E-state index is 13.0. The molecule has 4 rings (SSSR count). The minimum absolute atomic E-state index is 0.0507. The molecule has 2 N–H and O–H groups in total. The number of nitrogens with one attached hydrogen (secondary N) is 1. The van der Waals surface area contributed by atoms with E-state index in [0.717, 1.165) is 22.9 Å². The molecule has 3 heterocycles. The Hall–Kier alpha value is -2.67. The van der Waals surface area contributed by atoms with Crippen molar-refractivity contribution >= 4 is 16.8 Å². The van der Waals surface area contributed by atoms with Gasteiger partial charge in [0.25, 0.3) is 0 Å². The van der Waals surface area contributed by atoms with Crippen LogP contribution in [0.2, 0.25) is 0 Å². The molecule has 7 nitrogen and oxygen atoms in total. The van der Waals surface area contributed by atoms with Gasteiger partial charge in [-0.3, -0.25) is 4.79 Å².